The summed E-state index contributed by atoms with van der Waals surface area (Å²) in [7, 11) is 0. The Labute approximate surface area is 124 Å². The van der Waals surface area contributed by atoms with E-state index in [4.69, 9.17) is 0 Å². The Hall–Kier alpha value is -0.860. The van der Waals surface area contributed by atoms with Crippen LogP contribution in [0.3, 0.4) is 0 Å². The van der Waals surface area contributed by atoms with Crippen molar-refractivity contribution in [2.45, 2.75) is 52.6 Å². The predicted octanol–water partition coefficient (Wildman–Crippen LogP) is 3.60. The highest BCUT2D eigenvalue weighted by molar-refractivity contribution is 5.25. The van der Waals surface area contributed by atoms with E-state index in [2.05, 4.69) is 55.3 Å². The number of hydrogen-bond donors (Lipinski definition) is 1. The van der Waals surface area contributed by atoms with Crippen LogP contribution in [0.25, 0.3) is 0 Å². The van der Waals surface area contributed by atoms with Crippen LogP contribution in [-0.2, 0) is 6.54 Å². The third-order valence-electron chi connectivity index (χ3n) is 4.40. The minimum Gasteiger partial charge on any atom is -0.314 e. The predicted molar refractivity (Wildman–Crippen MR) is 86.9 cm³/mol. The van der Waals surface area contributed by atoms with Gasteiger partial charge < -0.3 is 5.32 Å². The average molecular weight is 274 g/mol. The molecular weight excluding hydrogens is 244 g/mol. The number of likely N-dealkylation sites (tertiary alicyclic amines) is 1. The van der Waals surface area contributed by atoms with Crippen LogP contribution in [0.15, 0.2) is 24.3 Å². The van der Waals surface area contributed by atoms with E-state index in [0.717, 1.165) is 18.5 Å². The molecule has 0 atom stereocenters. The highest BCUT2D eigenvalue weighted by Crippen LogP contribution is 2.16. The lowest BCUT2D eigenvalue weighted by atomic mass is 10.0. The molecule has 1 aliphatic heterocycles. The fourth-order valence-corrected chi connectivity index (χ4v) is 2.90. The zero-order valence-electron chi connectivity index (χ0n) is 13.4. The summed E-state index contributed by atoms with van der Waals surface area (Å²) in [5.41, 5.74) is 2.91. The van der Waals surface area contributed by atoms with Crippen LogP contribution in [-0.4, -0.2) is 30.6 Å². The molecule has 1 aliphatic rings. The van der Waals surface area contributed by atoms with Gasteiger partial charge in [0.2, 0.25) is 0 Å². The molecule has 2 heteroatoms. The summed E-state index contributed by atoms with van der Waals surface area (Å²) in [6.45, 7) is 11.6. The Morgan fingerprint density at radius 3 is 2.55 bits per heavy atom. The van der Waals surface area contributed by atoms with Gasteiger partial charge in [0.1, 0.15) is 0 Å². The number of hydrogen-bond acceptors (Lipinski definition) is 2. The lowest BCUT2D eigenvalue weighted by Crippen LogP contribution is -2.42. The zero-order valence-corrected chi connectivity index (χ0v) is 13.4. The Bertz CT molecular complexity index is 392. The molecule has 1 N–H and O–H groups in total. The van der Waals surface area contributed by atoms with Crippen molar-refractivity contribution in [1.82, 2.24) is 10.2 Å². The van der Waals surface area contributed by atoms with Gasteiger partial charge in [0.15, 0.2) is 0 Å². The van der Waals surface area contributed by atoms with Gasteiger partial charge in [0, 0.05) is 12.6 Å². The lowest BCUT2D eigenvalue weighted by Gasteiger charge is -2.33. The number of rotatable bonds is 6. The third kappa shape index (κ3) is 4.92. The molecule has 0 aliphatic carbocycles. The lowest BCUT2D eigenvalue weighted by molar-refractivity contribution is 0.189. The van der Waals surface area contributed by atoms with Gasteiger partial charge in [0.05, 0.1) is 0 Å². The van der Waals surface area contributed by atoms with Gasteiger partial charge in [0.25, 0.3) is 0 Å². The molecule has 20 heavy (non-hydrogen) atoms. The molecule has 112 valence electrons. The zero-order chi connectivity index (χ0) is 14.4. The molecule has 1 saturated heterocycles. The normalized spacial score (nSPS) is 17.8. The molecule has 0 saturated carbocycles. The highest BCUT2D eigenvalue weighted by Gasteiger charge is 2.18. The molecule has 0 bridgehead atoms. The Kier molecular flexibility index (Phi) is 6.06. The molecule has 1 heterocycles. The molecular formula is C18H30N2. The Morgan fingerprint density at radius 1 is 1.20 bits per heavy atom. The molecule has 1 aromatic carbocycles. The molecule has 0 unspecified atom stereocenters. The van der Waals surface area contributed by atoms with Crippen LogP contribution >= 0.6 is 0 Å². The van der Waals surface area contributed by atoms with E-state index >= 15 is 0 Å². The third-order valence-corrected chi connectivity index (χ3v) is 4.40. The van der Waals surface area contributed by atoms with Gasteiger partial charge in [-0.05, 0) is 62.9 Å². The first kappa shape index (κ1) is 15.5. The van der Waals surface area contributed by atoms with Gasteiger partial charge in [-0.3, -0.25) is 4.90 Å². The summed E-state index contributed by atoms with van der Waals surface area (Å²) in [5.74, 6) is 0.809. The first-order chi connectivity index (χ1) is 9.65. The van der Waals surface area contributed by atoms with Crippen molar-refractivity contribution < 1.29 is 0 Å². The van der Waals surface area contributed by atoms with Gasteiger partial charge in [-0.25, -0.2) is 0 Å². The van der Waals surface area contributed by atoms with Crippen LogP contribution in [0.5, 0.6) is 0 Å². The number of piperidine rings is 1. The number of nitrogens with zero attached hydrogens (tertiary/aromatic N) is 1. The van der Waals surface area contributed by atoms with E-state index in [0.29, 0.717) is 0 Å². The van der Waals surface area contributed by atoms with E-state index < -0.39 is 0 Å². The van der Waals surface area contributed by atoms with Crippen LogP contribution in [0.1, 0.15) is 44.2 Å². The van der Waals surface area contributed by atoms with Gasteiger partial charge in [-0.2, -0.15) is 0 Å². The minimum absolute atomic E-state index is 0.738. The topological polar surface area (TPSA) is 15.3 Å². The van der Waals surface area contributed by atoms with Crippen LogP contribution in [0, 0.1) is 12.8 Å². The van der Waals surface area contributed by atoms with E-state index in [9.17, 15) is 0 Å². The summed E-state index contributed by atoms with van der Waals surface area (Å²) in [4.78, 5) is 2.60. The van der Waals surface area contributed by atoms with E-state index in [1.54, 1.807) is 0 Å². The SMILES string of the molecule is Cc1ccccc1CN1CCC(NCCC(C)C)CC1. The van der Waals surface area contributed by atoms with Crippen molar-refractivity contribution in [3.63, 3.8) is 0 Å². The average Bonchev–Trinajstić information content (AvgIpc) is 2.43. The van der Waals surface area contributed by atoms with E-state index in [1.807, 2.05) is 0 Å². The van der Waals surface area contributed by atoms with Crippen LogP contribution in [0.4, 0.5) is 0 Å². The largest absolute Gasteiger partial charge is 0.314 e. The summed E-state index contributed by atoms with van der Waals surface area (Å²) in [5, 5.41) is 3.72. The summed E-state index contributed by atoms with van der Waals surface area (Å²) < 4.78 is 0. The summed E-state index contributed by atoms with van der Waals surface area (Å²) in [6, 6.07) is 9.51. The van der Waals surface area contributed by atoms with Crippen molar-refractivity contribution in [3.8, 4) is 0 Å². The van der Waals surface area contributed by atoms with Crippen molar-refractivity contribution in [2.75, 3.05) is 19.6 Å². The molecule has 0 spiro atoms. The second kappa shape index (κ2) is 7.80. The monoisotopic (exact) mass is 274 g/mol. The molecule has 1 fully saturated rings. The molecule has 0 radical (unpaired) electrons. The van der Waals surface area contributed by atoms with Crippen molar-refractivity contribution in [3.05, 3.63) is 35.4 Å². The molecule has 2 rings (SSSR count). The Morgan fingerprint density at radius 2 is 1.90 bits per heavy atom. The van der Waals surface area contributed by atoms with Crippen molar-refractivity contribution in [2.24, 2.45) is 5.92 Å². The van der Waals surface area contributed by atoms with Crippen molar-refractivity contribution >= 4 is 0 Å². The molecule has 0 amide bonds. The van der Waals surface area contributed by atoms with Gasteiger partial charge in [-0.15, -0.1) is 0 Å². The number of benzene rings is 1. The smallest absolute Gasteiger partial charge is 0.0236 e. The molecule has 0 aromatic heterocycles. The standard InChI is InChI=1S/C18H30N2/c1-15(2)8-11-19-18-9-12-20(13-10-18)14-17-7-5-4-6-16(17)3/h4-7,15,18-19H,8-14H2,1-3H3. The first-order valence-electron chi connectivity index (χ1n) is 8.15. The number of aryl methyl sites for hydroxylation is 1. The van der Waals surface area contributed by atoms with Gasteiger partial charge in [-0.1, -0.05) is 38.1 Å². The highest BCUT2D eigenvalue weighted by atomic mass is 15.1. The number of nitrogens with one attached hydrogen (secondary N) is 1. The summed E-state index contributed by atoms with van der Waals surface area (Å²) >= 11 is 0. The van der Waals surface area contributed by atoms with Gasteiger partial charge >= 0.3 is 0 Å². The quantitative estimate of drug-likeness (QED) is 0.853. The Balaban J connectivity index is 1.70. The maximum atomic E-state index is 3.72. The van der Waals surface area contributed by atoms with Crippen molar-refractivity contribution in [1.29, 1.82) is 0 Å². The fourth-order valence-electron chi connectivity index (χ4n) is 2.90. The van der Waals surface area contributed by atoms with E-state index in [-0.39, 0.29) is 0 Å². The molecule has 1 aromatic rings. The minimum atomic E-state index is 0.738. The second-order valence-electron chi connectivity index (χ2n) is 6.61. The second-order valence-corrected chi connectivity index (χ2v) is 6.61. The van der Waals surface area contributed by atoms with Crippen LogP contribution < -0.4 is 5.32 Å². The van der Waals surface area contributed by atoms with E-state index in [1.165, 1.54) is 50.0 Å². The fraction of sp³-hybridized carbons (Fsp3) is 0.667. The maximum Gasteiger partial charge on any atom is 0.0236 e. The summed E-state index contributed by atoms with van der Waals surface area (Å²) in [6.07, 6.45) is 3.89. The molecule has 2 nitrogen and oxygen atoms in total. The maximum absolute atomic E-state index is 3.72. The van der Waals surface area contributed by atoms with Crippen LogP contribution in [0.2, 0.25) is 0 Å². The first-order valence-corrected chi connectivity index (χ1v) is 8.15.